The largest absolute Gasteiger partial charge is 0.322 e. The summed E-state index contributed by atoms with van der Waals surface area (Å²) < 4.78 is 13.2. The van der Waals surface area contributed by atoms with Crippen LogP contribution in [0, 0.1) is 11.7 Å². The van der Waals surface area contributed by atoms with Gasteiger partial charge in [-0.1, -0.05) is 24.4 Å². The summed E-state index contributed by atoms with van der Waals surface area (Å²) >= 11 is 5.96. The predicted octanol–water partition coefficient (Wildman–Crippen LogP) is 4.81. The van der Waals surface area contributed by atoms with Crippen LogP contribution in [-0.4, -0.2) is 18.4 Å². The Bertz CT molecular complexity index is 909. The Morgan fingerprint density at radius 1 is 1.11 bits per heavy atom. The van der Waals surface area contributed by atoms with Gasteiger partial charge in [-0.15, -0.1) is 0 Å². The summed E-state index contributed by atoms with van der Waals surface area (Å²) in [6.45, 7) is 0.686. The Hall–Kier alpha value is -2.40. The monoisotopic (exact) mass is 386 g/mol. The molecule has 2 aromatic rings. The van der Waals surface area contributed by atoms with E-state index in [4.69, 9.17) is 11.6 Å². The van der Waals surface area contributed by atoms with E-state index in [1.54, 1.807) is 6.07 Å². The van der Waals surface area contributed by atoms with Gasteiger partial charge in [-0.3, -0.25) is 9.59 Å². The van der Waals surface area contributed by atoms with Gasteiger partial charge in [0.2, 0.25) is 5.91 Å². The number of fused-ring (bicyclic) bond motifs is 1. The molecule has 1 aliphatic heterocycles. The van der Waals surface area contributed by atoms with Gasteiger partial charge in [-0.2, -0.15) is 0 Å². The first kappa shape index (κ1) is 18.0. The average molecular weight is 387 g/mol. The second-order valence-electron chi connectivity index (χ2n) is 7.14. The Labute approximate surface area is 162 Å². The van der Waals surface area contributed by atoms with Crippen LogP contribution >= 0.6 is 11.6 Å². The molecule has 0 unspecified atom stereocenters. The highest BCUT2D eigenvalue weighted by molar-refractivity contribution is 6.34. The molecule has 1 N–H and O–H groups in total. The first-order chi connectivity index (χ1) is 13.0. The molecule has 0 atom stereocenters. The lowest BCUT2D eigenvalue weighted by atomic mass is 10.1. The van der Waals surface area contributed by atoms with Crippen molar-refractivity contribution in [1.29, 1.82) is 0 Å². The van der Waals surface area contributed by atoms with Crippen LogP contribution < -0.4 is 10.2 Å². The summed E-state index contributed by atoms with van der Waals surface area (Å²) in [5.74, 6) is -0.505. The van der Waals surface area contributed by atoms with E-state index in [-0.39, 0.29) is 22.4 Å². The van der Waals surface area contributed by atoms with Gasteiger partial charge < -0.3 is 10.2 Å². The topological polar surface area (TPSA) is 49.4 Å². The summed E-state index contributed by atoms with van der Waals surface area (Å²) in [5, 5.41) is 2.87. The van der Waals surface area contributed by atoms with Crippen molar-refractivity contribution in [1.82, 2.24) is 0 Å². The standard InChI is InChI=1S/C21H20ClFN2O2/c22-18-12-15(23)5-7-17(18)20(26)24-16-6-8-19-14(11-16)9-10-25(19)21(27)13-3-1-2-4-13/h5-8,11-13H,1-4,9-10H2,(H,24,26). The van der Waals surface area contributed by atoms with E-state index < -0.39 is 11.7 Å². The molecule has 2 aromatic carbocycles. The van der Waals surface area contributed by atoms with Gasteiger partial charge >= 0.3 is 0 Å². The highest BCUT2D eigenvalue weighted by atomic mass is 35.5. The number of rotatable bonds is 3. The van der Waals surface area contributed by atoms with Crippen molar-refractivity contribution in [3.63, 3.8) is 0 Å². The fourth-order valence-corrected chi connectivity index (χ4v) is 4.23. The molecule has 4 rings (SSSR count). The van der Waals surface area contributed by atoms with Gasteiger partial charge in [-0.05, 0) is 61.2 Å². The van der Waals surface area contributed by atoms with E-state index in [1.165, 1.54) is 12.1 Å². The van der Waals surface area contributed by atoms with Crippen molar-refractivity contribution >= 4 is 34.8 Å². The number of anilines is 2. The number of carbonyl (C=O) groups excluding carboxylic acids is 2. The fourth-order valence-electron chi connectivity index (χ4n) is 3.97. The van der Waals surface area contributed by atoms with E-state index in [1.807, 2.05) is 17.0 Å². The Morgan fingerprint density at radius 3 is 2.63 bits per heavy atom. The zero-order valence-electron chi connectivity index (χ0n) is 14.8. The first-order valence-electron chi connectivity index (χ1n) is 9.23. The third kappa shape index (κ3) is 3.56. The molecule has 1 aliphatic carbocycles. The fraction of sp³-hybridized carbons (Fsp3) is 0.333. The van der Waals surface area contributed by atoms with Crippen LogP contribution in [0.3, 0.4) is 0 Å². The molecular weight excluding hydrogens is 367 g/mol. The minimum Gasteiger partial charge on any atom is -0.322 e. The van der Waals surface area contributed by atoms with Crippen LogP contribution in [0.25, 0.3) is 0 Å². The highest BCUT2D eigenvalue weighted by Crippen LogP contribution is 2.35. The van der Waals surface area contributed by atoms with Crippen LogP contribution in [-0.2, 0) is 11.2 Å². The Kier molecular flexibility index (Phi) is 4.87. The van der Waals surface area contributed by atoms with Crippen molar-refractivity contribution < 1.29 is 14.0 Å². The van der Waals surface area contributed by atoms with Crippen molar-refractivity contribution in [2.45, 2.75) is 32.1 Å². The second-order valence-corrected chi connectivity index (χ2v) is 7.55. The summed E-state index contributed by atoms with van der Waals surface area (Å²) in [6, 6.07) is 9.25. The number of halogens is 2. The molecule has 1 saturated carbocycles. The summed E-state index contributed by atoms with van der Waals surface area (Å²) in [5.41, 5.74) is 2.83. The highest BCUT2D eigenvalue weighted by Gasteiger charge is 2.31. The number of amides is 2. The maximum atomic E-state index is 13.2. The van der Waals surface area contributed by atoms with E-state index in [0.29, 0.717) is 12.2 Å². The van der Waals surface area contributed by atoms with Gasteiger partial charge in [0.05, 0.1) is 10.6 Å². The molecule has 0 saturated heterocycles. The molecule has 0 spiro atoms. The lowest BCUT2D eigenvalue weighted by Gasteiger charge is -2.21. The Morgan fingerprint density at radius 2 is 1.89 bits per heavy atom. The number of hydrogen-bond donors (Lipinski definition) is 1. The normalized spacial score (nSPS) is 16.4. The minimum absolute atomic E-state index is 0.0713. The minimum atomic E-state index is -0.485. The van der Waals surface area contributed by atoms with Crippen molar-refractivity contribution in [2.24, 2.45) is 5.92 Å². The van der Waals surface area contributed by atoms with E-state index >= 15 is 0 Å². The number of nitrogens with one attached hydrogen (secondary N) is 1. The number of carbonyl (C=O) groups is 2. The summed E-state index contributed by atoms with van der Waals surface area (Å²) in [4.78, 5) is 27.0. The van der Waals surface area contributed by atoms with Crippen LogP contribution in [0.5, 0.6) is 0 Å². The molecule has 1 fully saturated rings. The summed E-state index contributed by atoms with van der Waals surface area (Å²) in [7, 11) is 0. The quantitative estimate of drug-likeness (QED) is 0.822. The second kappa shape index (κ2) is 7.31. The van der Waals surface area contributed by atoms with Crippen molar-refractivity contribution in [3.05, 3.63) is 58.4 Å². The predicted molar refractivity (Wildman–Crippen MR) is 104 cm³/mol. The SMILES string of the molecule is O=C(Nc1ccc2c(c1)CCN2C(=O)C1CCCC1)c1ccc(F)cc1Cl. The smallest absolute Gasteiger partial charge is 0.257 e. The maximum absolute atomic E-state index is 13.2. The molecule has 1 heterocycles. The number of nitrogens with zero attached hydrogens (tertiary/aromatic N) is 1. The van der Waals surface area contributed by atoms with E-state index in [2.05, 4.69) is 5.32 Å². The third-order valence-corrected chi connectivity index (χ3v) is 5.69. The number of hydrogen-bond acceptors (Lipinski definition) is 2. The molecule has 6 heteroatoms. The zero-order chi connectivity index (χ0) is 19.0. The van der Waals surface area contributed by atoms with E-state index in [9.17, 15) is 14.0 Å². The molecule has 0 radical (unpaired) electrons. The van der Waals surface area contributed by atoms with Crippen molar-refractivity contribution in [3.8, 4) is 0 Å². The lowest BCUT2D eigenvalue weighted by molar-refractivity contribution is -0.122. The first-order valence-corrected chi connectivity index (χ1v) is 9.61. The van der Waals surface area contributed by atoms with Gasteiger partial charge in [0.1, 0.15) is 5.82 Å². The van der Waals surface area contributed by atoms with Crippen LogP contribution in [0.15, 0.2) is 36.4 Å². The van der Waals surface area contributed by atoms with Crippen LogP contribution in [0.1, 0.15) is 41.6 Å². The molecule has 4 nitrogen and oxygen atoms in total. The molecule has 0 bridgehead atoms. The van der Waals surface area contributed by atoms with E-state index in [0.717, 1.165) is 49.4 Å². The van der Waals surface area contributed by atoms with Gasteiger partial charge in [0.15, 0.2) is 0 Å². The number of benzene rings is 2. The lowest BCUT2D eigenvalue weighted by Crippen LogP contribution is -2.33. The van der Waals surface area contributed by atoms with Gasteiger partial charge in [0.25, 0.3) is 5.91 Å². The molecule has 140 valence electrons. The van der Waals surface area contributed by atoms with Crippen LogP contribution in [0.4, 0.5) is 15.8 Å². The molecule has 27 heavy (non-hydrogen) atoms. The Balaban J connectivity index is 1.50. The van der Waals surface area contributed by atoms with Gasteiger partial charge in [-0.25, -0.2) is 4.39 Å². The average Bonchev–Trinajstić information content (AvgIpc) is 3.30. The molecule has 0 aromatic heterocycles. The van der Waals surface area contributed by atoms with Crippen LogP contribution in [0.2, 0.25) is 5.02 Å². The molecule has 2 amide bonds. The summed E-state index contributed by atoms with van der Waals surface area (Å²) in [6.07, 6.45) is 5.01. The maximum Gasteiger partial charge on any atom is 0.257 e. The molecular formula is C21H20ClFN2O2. The third-order valence-electron chi connectivity index (χ3n) is 5.38. The van der Waals surface area contributed by atoms with Crippen molar-refractivity contribution in [2.75, 3.05) is 16.8 Å². The zero-order valence-corrected chi connectivity index (χ0v) is 15.6. The molecule has 2 aliphatic rings. The van der Waals surface area contributed by atoms with Gasteiger partial charge in [0, 0.05) is 23.8 Å².